The van der Waals surface area contributed by atoms with E-state index in [4.69, 9.17) is 0 Å². The van der Waals surface area contributed by atoms with Gasteiger partial charge in [0.15, 0.2) is 5.78 Å². The van der Waals surface area contributed by atoms with Crippen molar-refractivity contribution < 1.29 is 4.79 Å². The molecule has 0 fully saturated rings. The van der Waals surface area contributed by atoms with Gasteiger partial charge in [-0.2, -0.15) is 0 Å². The minimum atomic E-state index is -0.139. The molecule has 0 bridgehead atoms. The van der Waals surface area contributed by atoms with Gasteiger partial charge >= 0.3 is 0 Å². The summed E-state index contributed by atoms with van der Waals surface area (Å²) in [7, 11) is 0. The average molecular weight is 152 g/mol. The van der Waals surface area contributed by atoms with Crippen LogP contribution in [0.2, 0.25) is 0 Å². The Kier molecular flexibility index (Phi) is 1.91. The largest absolute Gasteiger partial charge is 0.294 e. The Morgan fingerprint density at radius 1 is 1.55 bits per heavy atom. The second-order valence-corrected chi connectivity index (χ2v) is 3.95. The standard InChI is InChI=1S/C10H16O/c1-7(2)10(4)8(3)5-6-9(10)11/h5-8H,1-4H3/t8-,10-/m0/s1. The molecular weight excluding hydrogens is 136 g/mol. The van der Waals surface area contributed by atoms with Crippen LogP contribution in [0.15, 0.2) is 12.2 Å². The SMILES string of the molecule is CC(C)[C@]1(C)C(=O)C=C[C@@H]1C. The molecule has 0 radical (unpaired) electrons. The predicted octanol–water partition coefficient (Wildman–Crippen LogP) is 2.42. The zero-order chi connectivity index (χ0) is 8.65. The predicted molar refractivity (Wildman–Crippen MR) is 46.3 cm³/mol. The van der Waals surface area contributed by atoms with Crippen LogP contribution in [0, 0.1) is 17.3 Å². The van der Waals surface area contributed by atoms with Crippen LogP contribution < -0.4 is 0 Å². The van der Waals surface area contributed by atoms with Gasteiger partial charge in [-0.3, -0.25) is 4.79 Å². The van der Waals surface area contributed by atoms with E-state index in [0.29, 0.717) is 17.6 Å². The Hall–Kier alpha value is -0.590. The number of ketones is 1. The van der Waals surface area contributed by atoms with Gasteiger partial charge in [-0.25, -0.2) is 0 Å². The molecule has 0 spiro atoms. The second-order valence-electron chi connectivity index (χ2n) is 3.95. The van der Waals surface area contributed by atoms with E-state index in [1.165, 1.54) is 0 Å². The monoisotopic (exact) mass is 152 g/mol. The van der Waals surface area contributed by atoms with Crippen molar-refractivity contribution in [2.45, 2.75) is 27.7 Å². The van der Waals surface area contributed by atoms with E-state index in [0.717, 1.165) is 0 Å². The number of hydrogen-bond acceptors (Lipinski definition) is 1. The molecule has 1 rings (SSSR count). The summed E-state index contributed by atoms with van der Waals surface area (Å²) in [5.41, 5.74) is -0.139. The van der Waals surface area contributed by atoms with Crippen LogP contribution in [0.25, 0.3) is 0 Å². The van der Waals surface area contributed by atoms with Gasteiger partial charge in [0.25, 0.3) is 0 Å². The summed E-state index contributed by atoms with van der Waals surface area (Å²) in [5.74, 6) is 1.12. The summed E-state index contributed by atoms with van der Waals surface area (Å²) in [4.78, 5) is 11.5. The maximum Gasteiger partial charge on any atom is 0.162 e. The molecule has 0 aromatic rings. The molecule has 11 heavy (non-hydrogen) atoms. The van der Waals surface area contributed by atoms with Crippen LogP contribution in [0.4, 0.5) is 0 Å². The molecule has 0 N–H and O–H groups in total. The van der Waals surface area contributed by atoms with Gasteiger partial charge in [-0.1, -0.05) is 33.8 Å². The van der Waals surface area contributed by atoms with Crippen LogP contribution in [-0.2, 0) is 4.79 Å². The molecule has 0 saturated carbocycles. The molecule has 0 saturated heterocycles. The Labute approximate surface area is 68.5 Å². The smallest absolute Gasteiger partial charge is 0.162 e. The summed E-state index contributed by atoms with van der Waals surface area (Å²) in [6.07, 6.45) is 3.74. The molecule has 1 heteroatoms. The highest BCUT2D eigenvalue weighted by molar-refractivity contribution is 5.97. The van der Waals surface area contributed by atoms with Crippen LogP contribution in [0.3, 0.4) is 0 Å². The topological polar surface area (TPSA) is 17.1 Å². The summed E-state index contributed by atoms with van der Waals surface area (Å²) in [5, 5.41) is 0. The van der Waals surface area contributed by atoms with E-state index in [-0.39, 0.29) is 5.41 Å². The van der Waals surface area contributed by atoms with Crippen LogP contribution in [0.1, 0.15) is 27.7 Å². The molecule has 1 aliphatic carbocycles. The van der Waals surface area contributed by atoms with Gasteiger partial charge < -0.3 is 0 Å². The van der Waals surface area contributed by atoms with Crippen molar-refractivity contribution in [3.05, 3.63) is 12.2 Å². The highest BCUT2D eigenvalue weighted by atomic mass is 16.1. The van der Waals surface area contributed by atoms with Gasteiger partial charge in [0, 0.05) is 5.41 Å². The molecule has 0 amide bonds. The van der Waals surface area contributed by atoms with Crippen molar-refractivity contribution in [2.24, 2.45) is 17.3 Å². The normalized spacial score (nSPS) is 37.2. The lowest BCUT2D eigenvalue weighted by Gasteiger charge is -2.31. The number of hydrogen-bond donors (Lipinski definition) is 0. The van der Waals surface area contributed by atoms with Crippen molar-refractivity contribution in [3.8, 4) is 0 Å². The number of allylic oxidation sites excluding steroid dienone is 2. The van der Waals surface area contributed by atoms with Gasteiger partial charge in [0.05, 0.1) is 0 Å². The van der Waals surface area contributed by atoms with E-state index < -0.39 is 0 Å². The first-order valence-electron chi connectivity index (χ1n) is 4.22. The lowest BCUT2D eigenvalue weighted by atomic mass is 9.71. The van der Waals surface area contributed by atoms with E-state index in [1.54, 1.807) is 6.08 Å². The van der Waals surface area contributed by atoms with E-state index in [1.807, 2.05) is 6.08 Å². The quantitative estimate of drug-likeness (QED) is 0.564. The Balaban J connectivity index is 2.94. The fourth-order valence-electron chi connectivity index (χ4n) is 1.65. The Morgan fingerprint density at radius 3 is 2.27 bits per heavy atom. The third-order valence-corrected chi connectivity index (χ3v) is 3.21. The summed E-state index contributed by atoms with van der Waals surface area (Å²) in [6.45, 7) is 8.40. The van der Waals surface area contributed by atoms with Gasteiger partial charge in [0.2, 0.25) is 0 Å². The van der Waals surface area contributed by atoms with Crippen LogP contribution in [-0.4, -0.2) is 5.78 Å². The molecule has 0 aromatic heterocycles. The number of carbonyl (C=O) groups excluding carboxylic acids is 1. The zero-order valence-electron chi connectivity index (χ0n) is 7.72. The number of rotatable bonds is 1. The third-order valence-electron chi connectivity index (χ3n) is 3.21. The van der Waals surface area contributed by atoms with Crippen molar-refractivity contribution >= 4 is 5.78 Å². The second kappa shape index (κ2) is 2.47. The minimum Gasteiger partial charge on any atom is -0.294 e. The lowest BCUT2D eigenvalue weighted by Crippen LogP contribution is -2.33. The summed E-state index contributed by atoms with van der Waals surface area (Å²) in [6, 6.07) is 0. The fourth-order valence-corrected chi connectivity index (χ4v) is 1.65. The highest BCUT2D eigenvalue weighted by Crippen LogP contribution is 2.41. The van der Waals surface area contributed by atoms with E-state index >= 15 is 0 Å². The minimum absolute atomic E-state index is 0.139. The van der Waals surface area contributed by atoms with Gasteiger partial charge in [-0.05, 0) is 17.9 Å². The van der Waals surface area contributed by atoms with Crippen molar-refractivity contribution in [1.29, 1.82) is 0 Å². The Bertz CT molecular complexity index is 203. The molecular formula is C10H16O. The summed E-state index contributed by atoms with van der Waals surface area (Å²) < 4.78 is 0. The molecule has 1 nitrogen and oxygen atoms in total. The maximum atomic E-state index is 11.5. The lowest BCUT2D eigenvalue weighted by molar-refractivity contribution is -0.125. The van der Waals surface area contributed by atoms with Crippen LogP contribution in [0.5, 0.6) is 0 Å². The molecule has 62 valence electrons. The zero-order valence-corrected chi connectivity index (χ0v) is 7.72. The number of carbonyl (C=O) groups is 1. The molecule has 0 heterocycles. The third kappa shape index (κ3) is 1.03. The van der Waals surface area contributed by atoms with Crippen LogP contribution >= 0.6 is 0 Å². The molecule has 0 aliphatic heterocycles. The highest BCUT2D eigenvalue weighted by Gasteiger charge is 2.42. The first-order chi connectivity index (χ1) is 4.99. The summed E-state index contributed by atoms with van der Waals surface area (Å²) >= 11 is 0. The van der Waals surface area contributed by atoms with E-state index in [9.17, 15) is 4.79 Å². The first kappa shape index (κ1) is 8.51. The molecule has 0 aromatic carbocycles. The van der Waals surface area contributed by atoms with Crippen molar-refractivity contribution in [1.82, 2.24) is 0 Å². The first-order valence-corrected chi connectivity index (χ1v) is 4.22. The average Bonchev–Trinajstić information content (AvgIpc) is 2.18. The van der Waals surface area contributed by atoms with Crippen molar-refractivity contribution in [2.75, 3.05) is 0 Å². The fraction of sp³-hybridized carbons (Fsp3) is 0.700. The molecule has 1 aliphatic rings. The maximum absolute atomic E-state index is 11.5. The van der Waals surface area contributed by atoms with Gasteiger partial charge in [0.1, 0.15) is 0 Å². The van der Waals surface area contributed by atoms with E-state index in [2.05, 4.69) is 27.7 Å². The van der Waals surface area contributed by atoms with Crippen molar-refractivity contribution in [3.63, 3.8) is 0 Å². The Morgan fingerprint density at radius 2 is 2.09 bits per heavy atom. The molecule has 2 atom stereocenters. The van der Waals surface area contributed by atoms with Gasteiger partial charge in [-0.15, -0.1) is 0 Å². The molecule has 0 unspecified atom stereocenters.